The zero-order valence-electron chi connectivity index (χ0n) is 18.7. The Balaban J connectivity index is 1.47. The molecule has 0 aliphatic carbocycles. The van der Waals surface area contributed by atoms with E-state index in [4.69, 9.17) is 9.72 Å². The van der Waals surface area contributed by atoms with Crippen LogP contribution in [-0.4, -0.2) is 37.3 Å². The zero-order valence-corrected chi connectivity index (χ0v) is 18.7. The number of hydrogen-bond acceptors (Lipinski definition) is 5. The summed E-state index contributed by atoms with van der Waals surface area (Å²) in [6.45, 7) is 2.37. The summed E-state index contributed by atoms with van der Waals surface area (Å²) in [6, 6.07) is 19.6. The quantitative estimate of drug-likeness (QED) is 0.383. The predicted molar refractivity (Wildman–Crippen MR) is 131 cm³/mol. The fraction of sp³-hybridized carbons (Fsp3) is 0.185. The molecule has 0 radical (unpaired) electrons. The molecule has 2 aromatic carbocycles. The van der Waals surface area contributed by atoms with Crippen LogP contribution in [0.4, 0.5) is 0 Å². The van der Waals surface area contributed by atoms with Crippen molar-refractivity contribution in [2.75, 3.05) is 6.54 Å². The van der Waals surface area contributed by atoms with Crippen molar-refractivity contribution in [3.63, 3.8) is 0 Å². The summed E-state index contributed by atoms with van der Waals surface area (Å²) in [5, 5.41) is 1.01. The second-order valence-corrected chi connectivity index (χ2v) is 8.54. The highest BCUT2D eigenvalue weighted by atomic mass is 16.5. The molecule has 7 nitrogen and oxygen atoms in total. The lowest BCUT2D eigenvalue weighted by Gasteiger charge is -2.25. The van der Waals surface area contributed by atoms with E-state index in [0.29, 0.717) is 17.3 Å². The number of nitrogens with zero attached hydrogens (tertiary/aromatic N) is 4. The van der Waals surface area contributed by atoms with Crippen molar-refractivity contribution >= 4 is 27.8 Å². The number of nitrogens with one attached hydrogen (secondary N) is 1. The smallest absolute Gasteiger partial charge is 0.219 e. The van der Waals surface area contributed by atoms with Crippen LogP contribution in [0.25, 0.3) is 33.5 Å². The average molecular weight is 450 g/mol. The molecule has 1 aliphatic heterocycles. The summed E-state index contributed by atoms with van der Waals surface area (Å²) in [5.74, 6) is 2.09. The van der Waals surface area contributed by atoms with Crippen LogP contribution in [0.5, 0.6) is 11.5 Å². The first kappa shape index (κ1) is 20.4. The number of aromatic nitrogens is 4. The molecule has 1 unspecified atom stereocenters. The molecule has 0 bridgehead atoms. The summed E-state index contributed by atoms with van der Waals surface area (Å²) in [7, 11) is 0. The van der Waals surface area contributed by atoms with Gasteiger partial charge in [-0.1, -0.05) is 24.3 Å². The molecule has 0 spiro atoms. The van der Waals surface area contributed by atoms with Crippen LogP contribution < -0.4 is 4.74 Å². The van der Waals surface area contributed by atoms with Gasteiger partial charge < -0.3 is 14.6 Å². The van der Waals surface area contributed by atoms with Crippen molar-refractivity contribution in [2.45, 2.75) is 25.8 Å². The van der Waals surface area contributed by atoms with Crippen molar-refractivity contribution in [1.82, 2.24) is 24.8 Å². The van der Waals surface area contributed by atoms with Gasteiger partial charge in [-0.15, -0.1) is 0 Å². The van der Waals surface area contributed by atoms with Crippen molar-refractivity contribution in [2.24, 2.45) is 0 Å². The molecule has 1 saturated heterocycles. The van der Waals surface area contributed by atoms with Crippen molar-refractivity contribution < 1.29 is 9.53 Å². The zero-order chi connectivity index (χ0) is 23.1. The van der Waals surface area contributed by atoms with Gasteiger partial charge in [-0.3, -0.25) is 14.8 Å². The van der Waals surface area contributed by atoms with E-state index in [2.05, 4.69) is 21.0 Å². The van der Waals surface area contributed by atoms with Gasteiger partial charge in [-0.2, -0.15) is 0 Å². The van der Waals surface area contributed by atoms with Gasteiger partial charge in [0.15, 0.2) is 5.82 Å². The highest BCUT2D eigenvalue weighted by Crippen LogP contribution is 2.41. The number of imidazole rings is 1. The molecule has 7 heteroatoms. The summed E-state index contributed by atoms with van der Waals surface area (Å²) >= 11 is 0. The number of likely N-dealkylation sites (tertiary alicyclic amines) is 1. The molecule has 1 N–H and O–H groups in total. The Morgan fingerprint density at radius 1 is 1.06 bits per heavy atom. The van der Waals surface area contributed by atoms with Gasteiger partial charge in [0.05, 0.1) is 28.8 Å². The van der Waals surface area contributed by atoms with Crippen LogP contribution in [0.2, 0.25) is 0 Å². The maximum atomic E-state index is 12.3. The van der Waals surface area contributed by atoms with E-state index >= 15 is 0 Å². The average Bonchev–Trinajstić information content (AvgIpc) is 3.51. The van der Waals surface area contributed by atoms with Gasteiger partial charge in [0.25, 0.3) is 0 Å². The third kappa shape index (κ3) is 3.65. The molecule has 34 heavy (non-hydrogen) atoms. The number of pyridine rings is 2. The lowest BCUT2D eigenvalue weighted by molar-refractivity contribution is -0.129. The Morgan fingerprint density at radius 3 is 2.79 bits per heavy atom. The molecular formula is C27H23N5O2. The molecule has 1 fully saturated rings. The molecular weight excluding hydrogens is 426 g/mol. The topological polar surface area (TPSA) is 84.0 Å². The van der Waals surface area contributed by atoms with E-state index in [1.54, 1.807) is 19.3 Å². The Labute approximate surface area is 196 Å². The van der Waals surface area contributed by atoms with E-state index in [0.717, 1.165) is 52.6 Å². The number of fused-ring (bicyclic) bond motifs is 2. The van der Waals surface area contributed by atoms with Gasteiger partial charge in [0.1, 0.15) is 17.2 Å². The standard InChI is InChI=1S/C27H23N5O2/c1-17(33)32-12-6-10-25(32)20-14-23-24(31-27(30-23)22-9-4-5-11-28-22)15-26(20)34-19-13-18-7-2-3-8-21(18)29-16-19/h2-5,7-9,11,13-16,25H,6,10,12H2,1H3,(H,30,31). The second kappa shape index (κ2) is 8.26. The minimum atomic E-state index is -0.0492. The number of carbonyl (C=O) groups excluding carboxylic acids is 1. The molecule has 168 valence electrons. The Morgan fingerprint density at radius 2 is 1.94 bits per heavy atom. The highest BCUT2D eigenvalue weighted by Gasteiger charge is 2.31. The van der Waals surface area contributed by atoms with Gasteiger partial charge in [0, 0.05) is 36.7 Å². The normalized spacial score (nSPS) is 15.8. The minimum Gasteiger partial charge on any atom is -0.455 e. The third-order valence-electron chi connectivity index (χ3n) is 6.33. The van der Waals surface area contributed by atoms with E-state index in [-0.39, 0.29) is 11.9 Å². The number of amides is 1. The predicted octanol–water partition coefficient (Wildman–Crippen LogP) is 5.65. The Hall–Kier alpha value is -4.26. The van der Waals surface area contributed by atoms with Crippen LogP contribution in [-0.2, 0) is 4.79 Å². The van der Waals surface area contributed by atoms with E-state index in [1.165, 1.54) is 0 Å². The molecule has 1 aliphatic rings. The van der Waals surface area contributed by atoms with Crippen LogP contribution in [0.3, 0.4) is 0 Å². The fourth-order valence-electron chi connectivity index (χ4n) is 4.73. The molecule has 6 rings (SSSR count). The number of ether oxygens (including phenoxy) is 1. The number of para-hydroxylation sites is 1. The number of hydrogen-bond donors (Lipinski definition) is 1. The van der Waals surface area contributed by atoms with Crippen LogP contribution in [0.1, 0.15) is 31.4 Å². The van der Waals surface area contributed by atoms with E-state index in [1.807, 2.05) is 59.5 Å². The minimum absolute atomic E-state index is 0.0492. The summed E-state index contributed by atoms with van der Waals surface area (Å²) in [6.07, 6.45) is 5.33. The van der Waals surface area contributed by atoms with Gasteiger partial charge in [-0.05, 0) is 43.2 Å². The van der Waals surface area contributed by atoms with Gasteiger partial charge >= 0.3 is 0 Å². The maximum Gasteiger partial charge on any atom is 0.219 e. The fourth-order valence-corrected chi connectivity index (χ4v) is 4.73. The lowest BCUT2D eigenvalue weighted by atomic mass is 10.0. The van der Waals surface area contributed by atoms with Gasteiger partial charge in [0.2, 0.25) is 5.91 Å². The first-order valence-corrected chi connectivity index (χ1v) is 11.4. The van der Waals surface area contributed by atoms with Crippen molar-refractivity contribution in [3.05, 3.63) is 78.6 Å². The number of rotatable bonds is 4. The monoisotopic (exact) mass is 449 g/mol. The number of aromatic amines is 1. The van der Waals surface area contributed by atoms with E-state index in [9.17, 15) is 4.79 Å². The van der Waals surface area contributed by atoms with Crippen LogP contribution in [0, 0.1) is 0 Å². The first-order valence-electron chi connectivity index (χ1n) is 11.4. The summed E-state index contributed by atoms with van der Waals surface area (Å²) < 4.78 is 6.41. The van der Waals surface area contributed by atoms with Crippen molar-refractivity contribution in [3.8, 4) is 23.0 Å². The number of H-pyrrole nitrogens is 1. The maximum absolute atomic E-state index is 12.3. The second-order valence-electron chi connectivity index (χ2n) is 8.54. The number of carbonyl (C=O) groups is 1. The molecule has 3 aromatic heterocycles. The summed E-state index contributed by atoms with van der Waals surface area (Å²) in [5.41, 5.74) is 4.31. The molecule has 5 aromatic rings. The SMILES string of the molecule is CC(=O)N1CCCC1c1cc2[nH]c(-c3ccccn3)nc2cc1Oc1cnc2ccccc2c1. The van der Waals surface area contributed by atoms with E-state index < -0.39 is 0 Å². The highest BCUT2D eigenvalue weighted by molar-refractivity contribution is 5.83. The van der Waals surface area contributed by atoms with Crippen molar-refractivity contribution in [1.29, 1.82) is 0 Å². The molecule has 4 heterocycles. The first-order chi connectivity index (χ1) is 16.7. The Bertz CT molecular complexity index is 1510. The molecule has 1 amide bonds. The van der Waals surface area contributed by atoms with Gasteiger partial charge in [-0.25, -0.2) is 4.98 Å². The Kier molecular flexibility index (Phi) is 4.95. The third-order valence-corrected chi connectivity index (χ3v) is 6.33. The van der Waals surface area contributed by atoms with Crippen LogP contribution >= 0.6 is 0 Å². The van der Waals surface area contributed by atoms with Crippen LogP contribution in [0.15, 0.2) is 73.1 Å². The molecule has 0 saturated carbocycles. The summed E-state index contributed by atoms with van der Waals surface area (Å²) in [4.78, 5) is 31.4. The molecule has 1 atom stereocenters. The lowest BCUT2D eigenvalue weighted by Crippen LogP contribution is -2.28. The largest absolute Gasteiger partial charge is 0.455 e. The number of benzene rings is 2.